The molecule has 0 atom stereocenters. The molecule has 0 saturated heterocycles. The molecule has 3 aromatic rings. The molecule has 0 N–H and O–H groups in total. The molecule has 16 heavy (non-hydrogen) atoms. The van der Waals surface area contributed by atoms with Crippen molar-refractivity contribution in [2.45, 2.75) is 18.8 Å². The van der Waals surface area contributed by atoms with E-state index in [1.807, 2.05) is 12.1 Å². The van der Waals surface area contributed by atoms with Gasteiger partial charge in [-0.2, -0.15) is 0 Å². The third-order valence-corrected chi connectivity index (χ3v) is 3.45. The lowest BCUT2D eigenvalue weighted by molar-refractivity contribution is 0.668. The smallest absolute Gasteiger partial charge is 0.135 e. The summed E-state index contributed by atoms with van der Waals surface area (Å²) in [5.41, 5.74) is 3.51. The lowest BCUT2D eigenvalue weighted by Crippen LogP contribution is -1.79. The molecule has 0 spiro atoms. The van der Waals surface area contributed by atoms with Gasteiger partial charge in [-0.3, -0.25) is 0 Å². The molecule has 1 fully saturated rings. The molecule has 1 aliphatic carbocycles. The highest BCUT2D eigenvalue weighted by Gasteiger charge is 2.26. The molecule has 4 rings (SSSR count). The van der Waals surface area contributed by atoms with Crippen LogP contribution in [0, 0.1) is 0 Å². The molecule has 78 valence electrons. The number of rotatable bonds is 1. The summed E-state index contributed by atoms with van der Waals surface area (Å²) in [5.74, 6) is 0.768. The Balaban J connectivity index is 2.21. The summed E-state index contributed by atoms with van der Waals surface area (Å²) < 4.78 is 5.87. The van der Waals surface area contributed by atoms with Crippen molar-refractivity contribution in [2.24, 2.45) is 0 Å². The first-order valence-corrected chi connectivity index (χ1v) is 5.83. The van der Waals surface area contributed by atoms with E-state index in [-0.39, 0.29) is 0 Å². The van der Waals surface area contributed by atoms with Gasteiger partial charge < -0.3 is 4.42 Å². The minimum Gasteiger partial charge on any atom is -0.456 e. The Bertz CT molecular complexity index is 674. The number of para-hydroxylation sites is 1. The lowest BCUT2D eigenvalue weighted by Gasteiger charge is -1.99. The van der Waals surface area contributed by atoms with Crippen molar-refractivity contribution >= 4 is 21.9 Å². The van der Waals surface area contributed by atoms with Gasteiger partial charge in [-0.25, -0.2) is 0 Å². The van der Waals surface area contributed by atoms with Crippen LogP contribution in [0.4, 0.5) is 0 Å². The van der Waals surface area contributed by atoms with Gasteiger partial charge in [0.2, 0.25) is 0 Å². The predicted octanol–water partition coefficient (Wildman–Crippen LogP) is 4.46. The lowest BCUT2D eigenvalue weighted by atomic mass is 10.0. The van der Waals surface area contributed by atoms with Crippen LogP contribution in [0.3, 0.4) is 0 Å². The molecule has 0 radical (unpaired) electrons. The molecule has 0 unspecified atom stereocenters. The molecule has 1 saturated carbocycles. The molecule has 2 aromatic carbocycles. The first-order valence-electron chi connectivity index (χ1n) is 5.83. The summed E-state index contributed by atoms with van der Waals surface area (Å²) in [6, 6.07) is 14.8. The highest BCUT2D eigenvalue weighted by molar-refractivity contribution is 6.06. The van der Waals surface area contributed by atoms with Crippen molar-refractivity contribution in [1.29, 1.82) is 0 Å². The van der Waals surface area contributed by atoms with Crippen LogP contribution in [0.1, 0.15) is 24.3 Å². The van der Waals surface area contributed by atoms with E-state index in [2.05, 4.69) is 30.3 Å². The van der Waals surface area contributed by atoms with Gasteiger partial charge in [-0.15, -0.1) is 0 Å². The fraction of sp³-hybridized carbons (Fsp3) is 0.200. The van der Waals surface area contributed by atoms with Crippen LogP contribution in [0.5, 0.6) is 0 Å². The SMILES string of the molecule is c1ccc2c(c1)oc1cccc(C3CC3)c12. The minimum absolute atomic E-state index is 0.768. The highest BCUT2D eigenvalue weighted by Crippen LogP contribution is 2.45. The molecule has 0 bridgehead atoms. The number of benzene rings is 2. The average Bonchev–Trinajstić information content (AvgIpc) is 3.09. The largest absolute Gasteiger partial charge is 0.456 e. The van der Waals surface area contributed by atoms with Gasteiger partial charge in [0.15, 0.2) is 0 Å². The van der Waals surface area contributed by atoms with Crippen molar-refractivity contribution < 1.29 is 4.42 Å². The first-order chi connectivity index (χ1) is 7.93. The Kier molecular flexibility index (Phi) is 1.51. The van der Waals surface area contributed by atoms with Crippen LogP contribution in [-0.4, -0.2) is 0 Å². The summed E-state index contributed by atoms with van der Waals surface area (Å²) in [4.78, 5) is 0. The Morgan fingerprint density at radius 2 is 1.69 bits per heavy atom. The average molecular weight is 208 g/mol. The predicted molar refractivity (Wildman–Crippen MR) is 65.7 cm³/mol. The van der Waals surface area contributed by atoms with E-state index in [0.29, 0.717) is 0 Å². The molecule has 1 heteroatoms. The normalized spacial score (nSPS) is 16.0. The second kappa shape index (κ2) is 2.88. The first kappa shape index (κ1) is 8.40. The van der Waals surface area contributed by atoms with Crippen molar-refractivity contribution in [3.63, 3.8) is 0 Å². The second-order valence-corrected chi connectivity index (χ2v) is 4.59. The molecule has 1 nitrogen and oxygen atoms in total. The van der Waals surface area contributed by atoms with E-state index < -0.39 is 0 Å². The Morgan fingerprint density at radius 1 is 0.875 bits per heavy atom. The maximum absolute atomic E-state index is 5.87. The van der Waals surface area contributed by atoms with E-state index in [9.17, 15) is 0 Å². The van der Waals surface area contributed by atoms with Gasteiger partial charge in [0.05, 0.1) is 0 Å². The fourth-order valence-corrected chi connectivity index (χ4v) is 2.54. The molecule has 1 aromatic heterocycles. The van der Waals surface area contributed by atoms with Crippen molar-refractivity contribution in [3.8, 4) is 0 Å². The molecule has 0 amide bonds. The summed E-state index contributed by atoms with van der Waals surface area (Å²) in [6.07, 6.45) is 2.66. The van der Waals surface area contributed by atoms with Crippen LogP contribution in [-0.2, 0) is 0 Å². The molecular formula is C15H12O. The van der Waals surface area contributed by atoms with E-state index in [1.165, 1.54) is 29.2 Å². The van der Waals surface area contributed by atoms with Gasteiger partial charge in [0.25, 0.3) is 0 Å². The standard InChI is InChI=1S/C15H12O/c1-2-6-13-12(4-1)15-11(10-8-9-10)5-3-7-14(15)16-13/h1-7,10H,8-9H2. The van der Waals surface area contributed by atoms with Crippen LogP contribution in [0.2, 0.25) is 0 Å². The zero-order valence-electron chi connectivity index (χ0n) is 8.94. The van der Waals surface area contributed by atoms with Gasteiger partial charge in [0, 0.05) is 10.8 Å². The Hall–Kier alpha value is -1.76. The Labute approximate surface area is 93.7 Å². The maximum Gasteiger partial charge on any atom is 0.135 e. The van der Waals surface area contributed by atoms with Crippen LogP contribution < -0.4 is 0 Å². The topological polar surface area (TPSA) is 13.1 Å². The van der Waals surface area contributed by atoms with E-state index in [1.54, 1.807) is 0 Å². The quantitative estimate of drug-likeness (QED) is 0.575. The van der Waals surface area contributed by atoms with Crippen molar-refractivity contribution in [2.75, 3.05) is 0 Å². The monoisotopic (exact) mass is 208 g/mol. The van der Waals surface area contributed by atoms with Gasteiger partial charge in [-0.05, 0) is 36.5 Å². The number of hydrogen-bond acceptors (Lipinski definition) is 1. The van der Waals surface area contributed by atoms with E-state index in [0.717, 1.165) is 17.1 Å². The zero-order valence-corrected chi connectivity index (χ0v) is 8.94. The molecule has 0 aliphatic heterocycles. The van der Waals surface area contributed by atoms with Gasteiger partial charge >= 0.3 is 0 Å². The van der Waals surface area contributed by atoms with Crippen LogP contribution >= 0.6 is 0 Å². The van der Waals surface area contributed by atoms with E-state index >= 15 is 0 Å². The van der Waals surface area contributed by atoms with Crippen molar-refractivity contribution in [3.05, 3.63) is 48.0 Å². The highest BCUT2D eigenvalue weighted by atomic mass is 16.3. The zero-order chi connectivity index (χ0) is 10.5. The van der Waals surface area contributed by atoms with Crippen LogP contribution in [0.25, 0.3) is 21.9 Å². The molecule has 1 aliphatic rings. The molecule has 1 heterocycles. The van der Waals surface area contributed by atoms with Crippen molar-refractivity contribution in [1.82, 2.24) is 0 Å². The van der Waals surface area contributed by atoms with Gasteiger partial charge in [0.1, 0.15) is 11.2 Å². The number of fused-ring (bicyclic) bond motifs is 3. The molecular weight excluding hydrogens is 196 g/mol. The summed E-state index contributed by atoms with van der Waals surface area (Å²) in [6.45, 7) is 0. The maximum atomic E-state index is 5.87. The minimum atomic E-state index is 0.768. The van der Waals surface area contributed by atoms with Crippen LogP contribution in [0.15, 0.2) is 46.9 Å². The fourth-order valence-electron chi connectivity index (χ4n) is 2.54. The number of hydrogen-bond donors (Lipinski definition) is 0. The third kappa shape index (κ3) is 1.06. The second-order valence-electron chi connectivity index (χ2n) is 4.59. The number of furan rings is 1. The van der Waals surface area contributed by atoms with Gasteiger partial charge in [-0.1, -0.05) is 30.3 Å². The third-order valence-electron chi connectivity index (χ3n) is 3.45. The summed E-state index contributed by atoms with van der Waals surface area (Å²) in [7, 11) is 0. The summed E-state index contributed by atoms with van der Waals surface area (Å²) >= 11 is 0. The Morgan fingerprint density at radius 3 is 2.56 bits per heavy atom. The summed E-state index contributed by atoms with van der Waals surface area (Å²) in [5, 5.41) is 2.60. The van der Waals surface area contributed by atoms with E-state index in [4.69, 9.17) is 4.42 Å².